The fourth-order valence-corrected chi connectivity index (χ4v) is 3.43. The number of ether oxygens (including phenoxy) is 1. The van der Waals surface area contributed by atoms with Crippen LogP contribution in [0.25, 0.3) is 0 Å². The van der Waals surface area contributed by atoms with Gasteiger partial charge in [-0.3, -0.25) is 10.1 Å². The van der Waals surface area contributed by atoms with Crippen LogP contribution in [0.5, 0.6) is 5.75 Å². The number of nitrogens with zero attached hydrogens (tertiary/aromatic N) is 1. The number of aliphatic hydroxyl groups excluding tert-OH is 1. The van der Waals surface area contributed by atoms with Crippen LogP contribution in [0.2, 0.25) is 0 Å². The monoisotopic (exact) mass is 395 g/mol. The van der Waals surface area contributed by atoms with E-state index in [1.165, 1.54) is 18.2 Å². The molecule has 3 N–H and O–H groups in total. The number of nitro groups is 1. The third-order valence-electron chi connectivity index (χ3n) is 3.51. The Morgan fingerprint density at radius 3 is 2.44 bits per heavy atom. The first-order valence-corrected chi connectivity index (χ1v) is 9.68. The number of benzene rings is 2. The van der Waals surface area contributed by atoms with Gasteiger partial charge in [0, 0.05) is 25.7 Å². The molecule has 10 heteroatoms. The van der Waals surface area contributed by atoms with Crippen molar-refractivity contribution in [2.24, 2.45) is 0 Å². The Labute approximate surface area is 157 Å². The quantitative estimate of drug-likeness (QED) is 0.293. The summed E-state index contributed by atoms with van der Waals surface area (Å²) in [5.74, 6) is 0.647. The van der Waals surface area contributed by atoms with Crippen molar-refractivity contribution in [3.05, 3.63) is 64.7 Å². The standard InChI is InChI=1S/C17H21N3O6S/c21-14(13-26-15-6-2-1-3-7-15)12-18-10-11-19-27(24,25)17-9-5-4-8-16(17)20(22)23/h1-9,14,18-19,21H,10-13H2. The minimum absolute atomic E-state index is 0.0145. The normalized spacial score (nSPS) is 12.5. The molecule has 146 valence electrons. The second-order valence-corrected chi connectivity index (χ2v) is 7.34. The Morgan fingerprint density at radius 2 is 1.74 bits per heavy atom. The molecule has 1 atom stereocenters. The van der Waals surface area contributed by atoms with Crippen molar-refractivity contribution < 1.29 is 23.2 Å². The van der Waals surface area contributed by atoms with E-state index in [1.54, 1.807) is 12.1 Å². The largest absolute Gasteiger partial charge is 0.491 e. The highest BCUT2D eigenvalue weighted by molar-refractivity contribution is 7.89. The summed E-state index contributed by atoms with van der Waals surface area (Å²) < 4.78 is 32.1. The predicted molar refractivity (Wildman–Crippen MR) is 99.1 cm³/mol. The molecule has 2 aromatic carbocycles. The number of sulfonamides is 1. The Hall–Kier alpha value is -2.53. The van der Waals surface area contributed by atoms with Crippen LogP contribution in [0.1, 0.15) is 0 Å². The molecular formula is C17H21N3O6S. The summed E-state index contributed by atoms with van der Waals surface area (Å²) in [7, 11) is -4.00. The smallest absolute Gasteiger partial charge is 0.289 e. The van der Waals surface area contributed by atoms with Gasteiger partial charge in [0.2, 0.25) is 10.0 Å². The third kappa shape index (κ3) is 6.61. The molecular weight excluding hydrogens is 374 g/mol. The minimum atomic E-state index is -4.00. The second-order valence-electron chi connectivity index (χ2n) is 5.60. The van der Waals surface area contributed by atoms with Crippen LogP contribution in [-0.4, -0.2) is 50.8 Å². The summed E-state index contributed by atoms with van der Waals surface area (Å²) in [6.07, 6.45) is -0.767. The van der Waals surface area contributed by atoms with Gasteiger partial charge < -0.3 is 15.2 Å². The van der Waals surface area contributed by atoms with Gasteiger partial charge in [0.25, 0.3) is 5.69 Å². The van der Waals surface area contributed by atoms with E-state index in [0.29, 0.717) is 5.75 Å². The Bertz CT molecular complexity index is 845. The second kappa shape index (κ2) is 9.97. The van der Waals surface area contributed by atoms with E-state index in [9.17, 15) is 23.6 Å². The first-order valence-electron chi connectivity index (χ1n) is 8.20. The molecule has 0 aromatic heterocycles. The average molecular weight is 395 g/mol. The number of hydrogen-bond donors (Lipinski definition) is 3. The van der Waals surface area contributed by atoms with E-state index in [-0.39, 0.29) is 31.1 Å². The number of hydrogen-bond acceptors (Lipinski definition) is 7. The van der Waals surface area contributed by atoms with Gasteiger partial charge in [-0.2, -0.15) is 0 Å². The van der Waals surface area contributed by atoms with Gasteiger partial charge in [-0.25, -0.2) is 13.1 Å². The van der Waals surface area contributed by atoms with E-state index >= 15 is 0 Å². The van der Waals surface area contributed by atoms with Crippen LogP contribution in [0.15, 0.2) is 59.5 Å². The zero-order valence-electron chi connectivity index (χ0n) is 14.4. The van der Waals surface area contributed by atoms with Gasteiger partial charge in [-0.15, -0.1) is 0 Å². The zero-order valence-corrected chi connectivity index (χ0v) is 15.3. The molecule has 27 heavy (non-hydrogen) atoms. The fourth-order valence-electron chi connectivity index (χ4n) is 2.22. The maximum absolute atomic E-state index is 12.2. The van der Waals surface area contributed by atoms with Crippen LogP contribution >= 0.6 is 0 Å². The lowest BCUT2D eigenvalue weighted by atomic mass is 10.3. The number of aliphatic hydroxyl groups is 1. The number of nitro benzene ring substituents is 1. The number of para-hydroxylation sites is 2. The summed E-state index contributed by atoms with van der Waals surface area (Å²) in [4.78, 5) is 9.82. The van der Waals surface area contributed by atoms with Gasteiger partial charge in [-0.05, 0) is 18.2 Å². The van der Waals surface area contributed by atoms with Gasteiger partial charge in [0.1, 0.15) is 18.5 Å². The highest BCUT2D eigenvalue weighted by Gasteiger charge is 2.24. The van der Waals surface area contributed by atoms with Crippen molar-refractivity contribution in [1.29, 1.82) is 0 Å². The van der Waals surface area contributed by atoms with E-state index in [0.717, 1.165) is 6.07 Å². The van der Waals surface area contributed by atoms with Gasteiger partial charge >= 0.3 is 0 Å². The van der Waals surface area contributed by atoms with Crippen molar-refractivity contribution in [2.45, 2.75) is 11.0 Å². The molecule has 0 heterocycles. The zero-order chi connectivity index (χ0) is 19.7. The third-order valence-corrected chi connectivity index (χ3v) is 5.02. The molecule has 0 radical (unpaired) electrons. The van der Waals surface area contributed by atoms with Crippen LogP contribution in [0.3, 0.4) is 0 Å². The summed E-state index contributed by atoms with van der Waals surface area (Å²) in [6, 6.07) is 14.2. The molecule has 0 bridgehead atoms. The molecule has 0 aliphatic heterocycles. The molecule has 1 unspecified atom stereocenters. The molecule has 0 spiro atoms. The van der Waals surface area contributed by atoms with Gasteiger partial charge in [0.05, 0.1) is 4.92 Å². The van der Waals surface area contributed by atoms with Crippen molar-refractivity contribution in [3.8, 4) is 5.75 Å². The summed E-state index contributed by atoms with van der Waals surface area (Å²) in [5, 5.41) is 23.7. The molecule has 0 fully saturated rings. The summed E-state index contributed by atoms with van der Waals surface area (Å²) >= 11 is 0. The van der Waals surface area contributed by atoms with Crippen LogP contribution in [0, 0.1) is 10.1 Å². The summed E-state index contributed by atoms with van der Waals surface area (Å²) in [6.45, 7) is 0.557. The molecule has 2 rings (SSSR count). The first kappa shape index (κ1) is 20.8. The Morgan fingerprint density at radius 1 is 1.07 bits per heavy atom. The lowest BCUT2D eigenvalue weighted by molar-refractivity contribution is -0.387. The molecule has 0 saturated carbocycles. The van der Waals surface area contributed by atoms with Crippen molar-refractivity contribution in [3.63, 3.8) is 0 Å². The SMILES string of the molecule is O=[N+]([O-])c1ccccc1S(=O)(=O)NCCNCC(O)COc1ccccc1. The van der Waals surface area contributed by atoms with Crippen LogP contribution < -0.4 is 14.8 Å². The lowest BCUT2D eigenvalue weighted by Gasteiger charge is -2.13. The highest BCUT2D eigenvalue weighted by Crippen LogP contribution is 2.22. The predicted octanol–water partition coefficient (Wildman–Crippen LogP) is 0.903. The molecule has 0 saturated heterocycles. The van der Waals surface area contributed by atoms with Gasteiger partial charge in [-0.1, -0.05) is 30.3 Å². The average Bonchev–Trinajstić information content (AvgIpc) is 2.67. The van der Waals surface area contributed by atoms with Crippen molar-refractivity contribution >= 4 is 15.7 Å². The maximum atomic E-state index is 12.2. The number of rotatable bonds is 11. The molecule has 0 aliphatic carbocycles. The Balaban J connectivity index is 1.72. The topological polar surface area (TPSA) is 131 Å². The Kier molecular flexibility index (Phi) is 7.67. The van der Waals surface area contributed by atoms with E-state index in [4.69, 9.17) is 4.74 Å². The molecule has 9 nitrogen and oxygen atoms in total. The van der Waals surface area contributed by atoms with Crippen molar-refractivity contribution in [1.82, 2.24) is 10.0 Å². The lowest BCUT2D eigenvalue weighted by Crippen LogP contribution is -2.37. The van der Waals surface area contributed by atoms with E-state index < -0.39 is 26.7 Å². The summed E-state index contributed by atoms with van der Waals surface area (Å²) in [5.41, 5.74) is -0.480. The maximum Gasteiger partial charge on any atom is 0.289 e. The van der Waals surface area contributed by atoms with E-state index in [1.807, 2.05) is 18.2 Å². The first-order chi connectivity index (χ1) is 12.9. The minimum Gasteiger partial charge on any atom is -0.491 e. The van der Waals surface area contributed by atoms with E-state index in [2.05, 4.69) is 10.0 Å². The van der Waals surface area contributed by atoms with Crippen LogP contribution in [-0.2, 0) is 10.0 Å². The fraction of sp³-hybridized carbons (Fsp3) is 0.294. The number of nitrogens with one attached hydrogen (secondary N) is 2. The van der Waals surface area contributed by atoms with Crippen molar-refractivity contribution in [2.75, 3.05) is 26.2 Å². The molecule has 2 aromatic rings. The van der Waals surface area contributed by atoms with Gasteiger partial charge in [0.15, 0.2) is 4.90 Å². The molecule has 0 aliphatic rings. The van der Waals surface area contributed by atoms with Crippen LogP contribution in [0.4, 0.5) is 5.69 Å². The molecule has 0 amide bonds. The highest BCUT2D eigenvalue weighted by atomic mass is 32.2.